The average molecular weight is 289 g/mol. The second kappa shape index (κ2) is 8.59. The van der Waals surface area contributed by atoms with Gasteiger partial charge in [-0.05, 0) is 31.0 Å². The Morgan fingerprint density at radius 1 is 1.43 bits per heavy atom. The van der Waals surface area contributed by atoms with Gasteiger partial charge in [-0.2, -0.15) is 5.26 Å². The maximum atomic E-state index is 12.0. The number of amides is 2. The second-order valence-electron chi connectivity index (χ2n) is 4.51. The van der Waals surface area contributed by atoms with E-state index < -0.39 is 5.97 Å². The first kappa shape index (κ1) is 16.5. The van der Waals surface area contributed by atoms with Crippen LogP contribution in [0, 0.1) is 11.3 Å². The molecule has 0 radical (unpaired) electrons. The van der Waals surface area contributed by atoms with Crippen LogP contribution in [-0.4, -0.2) is 35.1 Å². The quantitative estimate of drug-likeness (QED) is 0.806. The molecule has 0 aliphatic heterocycles. The van der Waals surface area contributed by atoms with Gasteiger partial charge in [-0.15, -0.1) is 0 Å². The zero-order valence-electron chi connectivity index (χ0n) is 12.0. The van der Waals surface area contributed by atoms with Crippen molar-refractivity contribution in [2.45, 2.75) is 26.2 Å². The zero-order chi connectivity index (χ0) is 15.7. The first-order valence-corrected chi connectivity index (χ1v) is 6.80. The van der Waals surface area contributed by atoms with Gasteiger partial charge in [0.05, 0.1) is 12.5 Å². The lowest BCUT2D eigenvalue weighted by Gasteiger charge is -2.20. The minimum absolute atomic E-state index is 0.0562. The number of rotatable bonds is 7. The summed E-state index contributed by atoms with van der Waals surface area (Å²) >= 11 is 0. The second-order valence-corrected chi connectivity index (χ2v) is 4.51. The number of hydrogen-bond donors (Lipinski definition) is 2. The number of anilines is 1. The van der Waals surface area contributed by atoms with Crippen LogP contribution in [0.25, 0.3) is 0 Å². The van der Waals surface area contributed by atoms with E-state index in [1.165, 1.54) is 0 Å². The van der Waals surface area contributed by atoms with Crippen LogP contribution >= 0.6 is 0 Å². The van der Waals surface area contributed by atoms with Crippen molar-refractivity contribution in [3.8, 4) is 6.07 Å². The third-order valence-electron chi connectivity index (χ3n) is 2.97. The molecular weight excluding hydrogens is 270 g/mol. The number of hydrogen-bond acceptors (Lipinski definition) is 3. The normalized spacial score (nSPS) is 9.71. The predicted molar refractivity (Wildman–Crippen MR) is 78.9 cm³/mol. The van der Waals surface area contributed by atoms with Crippen molar-refractivity contribution in [1.29, 1.82) is 5.26 Å². The summed E-state index contributed by atoms with van der Waals surface area (Å²) in [6.45, 7) is 2.75. The van der Waals surface area contributed by atoms with Crippen molar-refractivity contribution in [3.63, 3.8) is 0 Å². The van der Waals surface area contributed by atoms with Gasteiger partial charge in [0.15, 0.2) is 0 Å². The number of nitrogens with one attached hydrogen (secondary N) is 1. The van der Waals surface area contributed by atoms with Crippen LogP contribution in [0.5, 0.6) is 0 Å². The third-order valence-corrected chi connectivity index (χ3v) is 2.97. The van der Waals surface area contributed by atoms with Gasteiger partial charge >= 0.3 is 12.0 Å². The van der Waals surface area contributed by atoms with Crippen LogP contribution in [0.3, 0.4) is 0 Å². The van der Waals surface area contributed by atoms with Gasteiger partial charge in [-0.25, -0.2) is 4.79 Å². The number of carboxylic acid groups (broad SMARTS) is 1. The molecule has 6 heteroatoms. The van der Waals surface area contributed by atoms with Crippen molar-refractivity contribution in [3.05, 3.63) is 29.8 Å². The van der Waals surface area contributed by atoms with Crippen molar-refractivity contribution in [2.24, 2.45) is 0 Å². The third kappa shape index (κ3) is 5.95. The average Bonchev–Trinajstić information content (AvgIpc) is 2.46. The fourth-order valence-electron chi connectivity index (χ4n) is 1.85. The highest BCUT2D eigenvalue weighted by Gasteiger charge is 2.11. The first-order chi connectivity index (χ1) is 10.1. The highest BCUT2D eigenvalue weighted by Crippen LogP contribution is 2.13. The van der Waals surface area contributed by atoms with E-state index >= 15 is 0 Å². The van der Waals surface area contributed by atoms with Gasteiger partial charge < -0.3 is 15.3 Å². The number of carbonyl (C=O) groups is 2. The SMILES string of the molecule is CCN(CCC#N)C(=O)Nc1cccc(CCC(=O)O)c1. The summed E-state index contributed by atoms with van der Waals surface area (Å²) in [5, 5.41) is 20.0. The number of benzene rings is 1. The van der Waals surface area contributed by atoms with Crippen molar-refractivity contribution in [2.75, 3.05) is 18.4 Å². The van der Waals surface area contributed by atoms with Crippen LogP contribution in [0.2, 0.25) is 0 Å². The zero-order valence-corrected chi connectivity index (χ0v) is 12.0. The van der Waals surface area contributed by atoms with Gasteiger partial charge in [0.1, 0.15) is 0 Å². The summed E-state index contributed by atoms with van der Waals surface area (Å²) in [4.78, 5) is 24.1. The van der Waals surface area contributed by atoms with E-state index in [4.69, 9.17) is 10.4 Å². The molecule has 1 aromatic carbocycles. The molecule has 21 heavy (non-hydrogen) atoms. The number of aliphatic carboxylic acids is 1. The Kier molecular flexibility index (Phi) is 6.75. The van der Waals surface area contributed by atoms with Crippen LogP contribution in [0.1, 0.15) is 25.3 Å². The Labute approximate surface area is 124 Å². The molecule has 2 N–H and O–H groups in total. The maximum absolute atomic E-state index is 12.0. The Balaban J connectivity index is 2.65. The van der Waals surface area contributed by atoms with E-state index in [1.54, 1.807) is 23.1 Å². The summed E-state index contributed by atoms with van der Waals surface area (Å²) in [7, 11) is 0. The van der Waals surface area contributed by atoms with Gasteiger partial charge in [0, 0.05) is 25.2 Å². The molecule has 0 unspecified atom stereocenters. The number of nitrogens with zero attached hydrogens (tertiary/aromatic N) is 2. The van der Waals surface area contributed by atoms with Crippen LogP contribution in [0.15, 0.2) is 24.3 Å². The maximum Gasteiger partial charge on any atom is 0.321 e. The molecule has 0 atom stereocenters. The Morgan fingerprint density at radius 2 is 2.19 bits per heavy atom. The standard InChI is InChI=1S/C15H19N3O3/c1-2-18(10-4-9-16)15(21)17-13-6-3-5-12(11-13)7-8-14(19)20/h3,5-6,11H,2,4,7-8,10H2,1H3,(H,17,21)(H,19,20). The molecule has 0 bridgehead atoms. The van der Waals surface area contributed by atoms with Gasteiger partial charge in [-0.1, -0.05) is 12.1 Å². The van der Waals surface area contributed by atoms with Crippen LogP contribution < -0.4 is 5.32 Å². The Morgan fingerprint density at radius 3 is 2.81 bits per heavy atom. The number of carbonyl (C=O) groups excluding carboxylic acids is 1. The molecule has 0 aliphatic rings. The van der Waals surface area contributed by atoms with E-state index in [0.717, 1.165) is 5.56 Å². The lowest BCUT2D eigenvalue weighted by Crippen LogP contribution is -2.35. The predicted octanol–water partition coefficient (Wildman–Crippen LogP) is 2.47. The lowest BCUT2D eigenvalue weighted by molar-refractivity contribution is -0.136. The topological polar surface area (TPSA) is 93.4 Å². The highest BCUT2D eigenvalue weighted by molar-refractivity contribution is 5.89. The molecule has 0 saturated heterocycles. The Hall–Kier alpha value is -2.55. The smallest absolute Gasteiger partial charge is 0.321 e. The fourth-order valence-corrected chi connectivity index (χ4v) is 1.85. The van der Waals surface area contributed by atoms with Crippen molar-refractivity contribution in [1.82, 2.24) is 4.90 Å². The molecule has 1 rings (SSSR count). The largest absolute Gasteiger partial charge is 0.481 e. The van der Waals surface area contributed by atoms with Crippen LogP contribution in [0.4, 0.5) is 10.5 Å². The monoisotopic (exact) mass is 289 g/mol. The lowest BCUT2D eigenvalue weighted by atomic mass is 10.1. The number of carboxylic acids is 1. The molecule has 0 spiro atoms. The highest BCUT2D eigenvalue weighted by atomic mass is 16.4. The molecule has 0 aromatic heterocycles. The van der Waals surface area contributed by atoms with E-state index in [0.29, 0.717) is 31.6 Å². The van der Waals surface area contributed by atoms with Crippen LogP contribution in [-0.2, 0) is 11.2 Å². The van der Waals surface area contributed by atoms with E-state index in [9.17, 15) is 9.59 Å². The fraction of sp³-hybridized carbons (Fsp3) is 0.400. The van der Waals surface area contributed by atoms with E-state index in [-0.39, 0.29) is 12.5 Å². The molecule has 1 aromatic rings. The molecule has 2 amide bonds. The van der Waals surface area contributed by atoms with E-state index in [1.807, 2.05) is 19.1 Å². The molecular formula is C15H19N3O3. The number of urea groups is 1. The molecule has 0 saturated carbocycles. The number of nitriles is 1. The molecule has 0 fully saturated rings. The summed E-state index contributed by atoms with van der Waals surface area (Å²) in [5.41, 5.74) is 1.48. The summed E-state index contributed by atoms with van der Waals surface area (Å²) in [6, 6.07) is 8.86. The van der Waals surface area contributed by atoms with Gasteiger partial charge in [0.25, 0.3) is 0 Å². The number of aryl methyl sites for hydroxylation is 1. The molecule has 0 aliphatic carbocycles. The summed E-state index contributed by atoms with van der Waals surface area (Å²) in [5.74, 6) is -0.849. The van der Waals surface area contributed by atoms with Crippen molar-refractivity contribution < 1.29 is 14.7 Å². The van der Waals surface area contributed by atoms with Crippen molar-refractivity contribution >= 4 is 17.7 Å². The van der Waals surface area contributed by atoms with Gasteiger partial charge in [0.2, 0.25) is 0 Å². The molecule has 6 nitrogen and oxygen atoms in total. The molecule has 0 heterocycles. The minimum atomic E-state index is -0.849. The minimum Gasteiger partial charge on any atom is -0.481 e. The van der Waals surface area contributed by atoms with Gasteiger partial charge in [-0.3, -0.25) is 4.79 Å². The first-order valence-electron chi connectivity index (χ1n) is 6.80. The summed E-state index contributed by atoms with van der Waals surface area (Å²) < 4.78 is 0. The Bertz CT molecular complexity index is 537. The van der Waals surface area contributed by atoms with E-state index in [2.05, 4.69) is 5.32 Å². The molecule has 112 valence electrons. The summed E-state index contributed by atoms with van der Waals surface area (Å²) in [6.07, 6.45) is 0.769.